The van der Waals surface area contributed by atoms with E-state index >= 15 is 0 Å². The Balaban J connectivity index is 1.20. The molecule has 5 heteroatoms. The fourth-order valence-corrected chi connectivity index (χ4v) is 6.27. The van der Waals surface area contributed by atoms with Gasteiger partial charge >= 0.3 is 0 Å². The number of ether oxygens (including phenoxy) is 1. The quantitative estimate of drug-likeness (QED) is 0.642. The first-order valence-electron chi connectivity index (χ1n) is 12.5. The first kappa shape index (κ1) is 22.4. The zero-order chi connectivity index (χ0) is 22.8. The lowest BCUT2D eigenvalue weighted by Crippen LogP contribution is -2.50. The van der Waals surface area contributed by atoms with E-state index in [4.69, 9.17) is 4.74 Å². The van der Waals surface area contributed by atoms with Crippen LogP contribution in [0, 0.1) is 23.7 Å². The fourth-order valence-electron chi connectivity index (χ4n) is 6.27. The van der Waals surface area contributed by atoms with Gasteiger partial charge in [-0.25, -0.2) is 0 Å². The molecule has 33 heavy (non-hydrogen) atoms. The molecule has 5 rings (SSSR count). The van der Waals surface area contributed by atoms with E-state index in [1.54, 1.807) is 7.11 Å². The maximum atomic E-state index is 13.5. The van der Waals surface area contributed by atoms with E-state index in [9.17, 15) is 9.90 Å². The van der Waals surface area contributed by atoms with Gasteiger partial charge in [0.2, 0.25) is 0 Å². The van der Waals surface area contributed by atoms with Crippen molar-refractivity contribution in [1.82, 2.24) is 10.2 Å². The number of hydrogen-bond acceptors (Lipinski definition) is 4. The number of carbonyl (C=O) groups is 1. The second-order valence-corrected chi connectivity index (χ2v) is 10.2. The van der Waals surface area contributed by atoms with E-state index in [0.717, 1.165) is 51.1 Å². The number of fused-ring (bicyclic) bond motifs is 1. The summed E-state index contributed by atoms with van der Waals surface area (Å²) in [7, 11) is 1.63. The molecule has 2 aliphatic carbocycles. The lowest BCUT2D eigenvalue weighted by atomic mass is 9.72. The van der Waals surface area contributed by atoms with E-state index in [-0.39, 0.29) is 11.8 Å². The van der Waals surface area contributed by atoms with Crippen LogP contribution in [-0.2, 0) is 16.9 Å². The van der Waals surface area contributed by atoms with Crippen LogP contribution >= 0.6 is 0 Å². The molecule has 3 aliphatic rings. The summed E-state index contributed by atoms with van der Waals surface area (Å²) in [6, 6.07) is 18.0. The average molecular weight is 449 g/mol. The van der Waals surface area contributed by atoms with E-state index in [1.165, 1.54) is 12.0 Å². The molecule has 0 radical (unpaired) electrons. The van der Waals surface area contributed by atoms with Gasteiger partial charge < -0.3 is 15.2 Å². The summed E-state index contributed by atoms with van der Waals surface area (Å²) in [6.07, 6.45) is 5.10. The summed E-state index contributed by atoms with van der Waals surface area (Å²) in [4.78, 5) is 16.0. The van der Waals surface area contributed by atoms with E-state index in [1.807, 2.05) is 24.3 Å². The molecule has 0 spiro atoms. The molecule has 3 atom stereocenters. The van der Waals surface area contributed by atoms with Gasteiger partial charge in [0.1, 0.15) is 5.75 Å². The number of amides is 1. The van der Waals surface area contributed by atoms with Gasteiger partial charge in [0.25, 0.3) is 5.91 Å². The van der Waals surface area contributed by atoms with Gasteiger partial charge in [0.15, 0.2) is 5.60 Å². The summed E-state index contributed by atoms with van der Waals surface area (Å²) in [6.45, 7) is 3.88. The van der Waals surface area contributed by atoms with Crippen LogP contribution in [0.4, 0.5) is 0 Å². The Morgan fingerprint density at radius 1 is 1.03 bits per heavy atom. The molecule has 1 saturated heterocycles. The van der Waals surface area contributed by atoms with Crippen LogP contribution < -0.4 is 10.1 Å². The minimum Gasteiger partial charge on any atom is -0.497 e. The summed E-state index contributed by atoms with van der Waals surface area (Å²) in [5, 5.41) is 15.0. The molecule has 0 aromatic heterocycles. The maximum Gasteiger partial charge on any atom is 0.256 e. The van der Waals surface area contributed by atoms with Gasteiger partial charge in [-0.1, -0.05) is 61.7 Å². The lowest BCUT2D eigenvalue weighted by Gasteiger charge is -2.37. The van der Waals surface area contributed by atoms with Crippen molar-refractivity contribution in [1.29, 1.82) is 0 Å². The molecule has 0 bridgehead atoms. The van der Waals surface area contributed by atoms with Crippen molar-refractivity contribution < 1.29 is 14.6 Å². The highest BCUT2D eigenvalue weighted by Gasteiger charge is 2.55. The van der Waals surface area contributed by atoms with Crippen molar-refractivity contribution in [2.24, 2.45) is 23.7 Å². The maximum absolute atomic E-state index is 13.5. The van der Waals surface area contributed by atoms with E-state index in [2.05, 4.69) is 40.5 Å². The number of aliphatic hydroxyl groups is 1. The number of nitrogens with zero attached hydrogens (tertiary/aromatic N) is 1. The van der Waals surface area contributed by atoms with Crippen LogP contribution in [0.2, 0.25) is 0 Å². The zero-order valence-corrected chi connectivity index (χ0v) is 19.6. The molecule has 2 saturated carbocycles. The molecule has 1 heterocycles. The number of carbonyl (C=O) groups excluding carboxylic acids is 1. The number of likely N-dealkylation sites (tertiary alicyclic amines) is 1. The third-order valence-corrected chi connectivity index (χ3v) is 8.27. The Hall–Kier alpha value is -2.37. The minimum atomic E-state index is -1.48. The predicted octanol–water partition coefficient (Wildman–Crippen LogP) is 3.96. The molecule has 2 aromatic rings. The first-order valence-corrected chi connectivity index (χ1v) is 12.5. The van der Waals surface area contributed by atoms with Gasteiger partial charge in [0, 0.05) is 32.1 Å². The van der Waals surface area contributed by atoms with Crippen LogP contribution in [0.15, 0.2) is 54.6 Å². The van der Waals surface area contributed by atoms with Crippen molar-refractivity contribution in [2.45, 2.75) is 44.2 Å². The molecule has 1 aliphatic heterocycles. The number of rotatable bonds is 8. The van der Waals surface area contributed by atoms with Crippen molar-refractivity contribution in [3.05, 3.63) is 65.7 Å². The number of nitrogens with one attached hydrogen (secondary N) is 1. The van der Waals surface area contributed by atoms with Crippen LogP contribution in [0.5, 0.6) is 5.75 Å². The summed E-state index contributed by atoms with van der Waals surface area (Å²) >= 11 is 0. The minimum absolute atomic E-state index is 0.0419. The van der Waals surface area contributed by atoms with Gasteiger partial charge in [0.05, 0.1) is 7.11 Å². The third kappa shape index (κ3) is 4.53. The van der Waals surface area contributed by atoms with Crippen LogP contribution in [0.1, 0.15) is 43.2 Å². The predicted molar refractivity (Wildman–Crippen MR) is 129 cm³/mol. The van der Waals surface area contributed by atoms with Gasteiger partial charge in [-0.3, -0.25) is 9.69 Å². The molecule has 1 amide bonds. The molecular weight excluding hydrogens is 412 g/mol. The molecule has 5 nitrogen and oxygen atoms in total. The van der Waals surface area contributed by atoms with Crippen molar-refractivity contribution in [2.75, 3.05) is 26.7 Å². The number of hydrogen-bond donors (Lipinski definition) is 2. The molecule has 3 unspecified atom stereocenters. The molecular formula is C28H36N2O3. The first-order chi connectivity index (χ1) is 16.1. The van der Waals surface area contributed by atoms with Crippen LogP contribution in [0.25, 0.3) is 0 Å². The van der Waals surface area contributed by atoms with Crippen molar-refractivity contribution in [3.8, 4) is 5.75 Å². The monoisotopic (exact) mass is 448 g/mol. The highest BCUT2D eigenvalue weighted by molar-refractivity contribution is 5.86. The number of methoxy groups -OCH3 is 1. The Kier molecular flexibility index (Phi) is 6.44. The zero-order valence-electron chi connectivity index (χ0n) is 19.6. The normalized spacial score (nSPS) is 26.9. The largest absolute Gasteiger partial charge is 0.497 e. The second kappa shape index (κ2) is 9.47. The van der Waals surface area contributed by atoms with Gasteiger partial charge in [-0.05, 0) is 53.9 Å². The van der Waals surface area contributed by atoms with Crippen molar-refractivity contribution >= 4 is 5.91 Å². The fraction of sp³-hybridized carbons (Fsp3) is 0.536. The van der Waals surface area contributed by atoms with Crippen LogP contribution in [-0.4, -0.2) is 42.7 Å². The van der Waals surface area contributed by atoms with E-state index < -0.39 is 5.60 Å². The smallest absolute Gasteiger partial charge is 0.256 e. The standard InChI is InChI=1S/C28H36N2O3/c1-33-23-14-12-22(13-15-23)28(32,21-10-6-3-7-11-21)27(31)29-16-24-25-18-30(19-26(24)25)17-20-8-4-2-5-9-20/h2,4-5,8-9,12-15,21,24-26,32H,3,6-7,10-11,16-19H2,1H3,(H,29,31). The second-order valence-electron chi connectivity index (χ2n) is 10.2. The van der Waals surface area contributed by atoms with Gasteiger partial charge in [-0.15, -0.1) is 0 Å². The average Bonchev–Trinajstić information content (AvgIpc) is 3.33. The Bertz CT molecular complexity index is 929. The van der Waals surface area contributed by atoms with E-state index in [0.29, 0.717) is 29.9 Å². The molecule has 176 valence electrons. The molecule has 2 N–H and O–H groups in total. The molecule has 2 aromatic carbocycles. The summed E-state index contributed by atoms with van der Waals surface area (Å²) < 4.78 is 5.28. The Morgan fingerprint density at radius 2 is 1.70 bits per heavy atom. The summed E-state index contributed by atoms with van der Waals surface area (Å²) in [5.74, 6) is 2.32. The number of piperidine rings is 1. The van der Waals surface area contributed by atoms with Crippen molar-refractivity contribution in [3.63, 3.8) is 0 Å². The lowest BCUT2D eigenvalue weighted by molar-refractivity contribution is -0.149. The van der Waals surface area contributed by atoms with Gasteiger partial charge in [-0.2, -0.15) is 0 Å². The van der Waals surface area contributed by atoms with Crippen LogP contribution in [0.3, 0.4) is 0 Å². The highest BCUT2D eigenvalue weighted by atomic mass is 16.5. The number of benzene rings is 2. The highest BCUT2D eigenvalue weighted by Crippen LogP contribution is 2.51. The summed E-state index contributed by atoms with van der Waals surface area (Å²) in [5.41, 5.74) is 0.564. The Labute approximate surface area is 197 Å². The topological polar surface area (TPSA) is 61.8 Å². The molecule has 3 fully saturated rings. The third-order valence-electron chi connectivity index (χ3n) is 8.27. The Morgan fingerprint density at radius 3 is 2.33 bits per heavy atom. The SMILES string of the molecule is COc1ccc(C(O)(C(=O)NCC2C3CN(Cc4ccccc4)CC23)C2CCCCC2)cc1.